The average molecular weight is 214 g/mol. The van der Waals surface area contributed by atoms with Crippen LogP contribution in [0.2, 0.25) is 0 Å². The fraction of sp³-hybridized carbons (Fsp3) is 0.556. The van der Waals surface area contributed by atoms with Crippen molar-refractivity contribution in [2.24, 2.45) is 0 Å². The molecule has 14 heavy (non-hydrogen) atoms. The van der Waals surface area contributed by atoms with Gasteiger partial charge < -0.3 is 15.4 Å². The predicted molar refractivity (Wildman–Crippen MR) is 58.7 cm³/mol. The van der Waals surface area contributed by atoms with Crippen LogP contribution < -0.4 is 10.6 Å². The summed E-state index contributed by atoms with van der Waals surface area (Å²) in [5, 5.41) is 6.05. The zero-order valence-corrected chi connectivity index (χ0v) is 8.95. The van der Waals surface area contributed by atoms with Gasteiger partial charge in [0.15, 0.2) is 5.11 Å². The Hall–Kier alpha value is -1.28. The zero-order valence-electron chi connectivity index (χ0n) is 8.13. The van der Waals surface area contributed by atoms with Crippen LogP contribution in [0.25, 0.3) is 0 Å². The lowest BCUT2D eigenvalue weighted by atomic mass is 10.4. The maximum absolute atomic E-state index is 10.9. The molecule has 0 atom stereocenters. The molecule has 0 aliphatic rings. The van der Waals surface area contributed by atoms with E-state index in [0.717, 1.165) is 0 Å². The summed E-state index contributed by atoms with van der Waals surface area (Å²) in [4.78, 5) is 10.9. The summed E-state index contributed by atoms with van der Waals surface area (Å²) in [5.41, 5.74) is 0. The summed E-state index contributed by atoms with van der Waals surface area (Å²) < 4.78 is 4.73. The van der Waals surface area contributed by atoms with E-state index in [-0.39, 0.29) is 5.97 Å². The van der Waals surface area contributed by atoms with E-state index in [1.807, 2.05) is 0 Å². The first-order valence-corrected chi connectivity index (χ1v) is 4.72. The third kappa shape index (κ3) is 7.37. The second-order valence-corrected chi connectivity index (χ2v) is 2.78. The second kappa shape index (κ2) is 8.32. The van der Waals surface area contributed by atoms with E-state index in [2.05, 4.69) is 16.6 Å². The number of ether oxygens (including phenoxy) is 1. The molecule has 5 heteroatoms. The van der Waals surface area contributed by atoms with Gasteiger partial charge in [0.05, 0.1) is 19.6 Å². The van der Waals surface area contributed by atoms with Gasteiger partial charge in [-0.15, -0.1) is 6.42 Å². The molecule has 0 aromatic heterocycles. The average Bonchev–Trinajstić information content (AvgIpc) is 2.15. The van der Waals surface area contributed by atoms with E-state index >= 15 is 0 Å². The molecule has 4 nitrogen and oxygen atoms in total. The fourth-order valence-corrected chi connectivity index (χ4v) is 0.879. The molecular formula is C9H14N2O2S. The van der Waals surface area contributed by atoms with Crippen LogP contribution in [0.15, 0.2) is 0 Å². The number of terminal acetylenes is 1. The summed E-state index contributed by atoms with van der Waals surface area (Å²) in [6.45, 7) is 3.00. The van der Waals surface area contributed by atoms with Crippen molar-refractivity contribution in [2.45, 2.75) is 13.3 Å². The van der Waals surface area contributed by atoms with Crippen molar-refractivity contribution in [1.82, 2.24) is 10.6 Å². The number of carbonyl (C=O) groups is 1. The lowest BCUT2D eigenvalue weighted by molar-refractivity contribution is -0.142. The Labute approximate surface area is 89.4 Å². The molecule has 0 saturated heterocycles. The number of carbonyl (C=O) groups excluding carboxylic acids is 1. The summed E-state index contributed by atoms with van der Waals surface area (Å²) in [5.74, 6) is 2.15. The Bertz CT molecular complexity index is 235. The van der Waals surface area contributed by atoms with Crippen molar-refractivity contribution < 1.29 is 9.53 Å². The van der Waals surface area contributed by atoms with Crippen molar-refractivity contribution in [3.8, 4) is 12.3 Å². The highest BCUT2D eigenvalue weighted by Gasteiger charge is 2.00. The highest BCUT2D eigenvalue weighted by Crippen LogP contribution is 1.83. The third-order valence-electron chi connectivity index (χ3n) is 1.27. The first-order chi connectivity index (χ1) is 6.70. The summed E-state index contributed by atoms with van der Waals surface area (Å²) in [6.07, 6.45) is 5.32. The zero-order chi connectivity index (χ0) is 10.8. The largest absolute Gasteiger partial charge is 0.466 e. The third-order valence-corrected chi connectivity index (χ3v) is 1.56. The van der Waals surface area contributed by atoms with Crippen molar-refractivity contribution in [2.75, 3.05) is 19.7 Å². The molecule has 0 rings (SSSR count). The van der Waals surface area contributed by atoms with Gasteiger partial charge in [0.2, 0.25) is 0 Å². The summed E-state index contributed by atoms with van der Waals surface area (Å²) in [6, 6.07) is 0. The Balaban J connectivity index is 3.40. The molecule has 0 radical (unpaired) electrons. The lowest BCUT2D eigenvalue weighted by Gasteiger charge is -2.07. The fourth-order valence-electron chi connectivity index (χ4n) is 0.705. The predicted octanol–water partition coefficient (Wildman–Crippen LogP) is 0.0369. The highest BCUT2D eigenvalue weighted by molar-refractivity contribution is 7.80. The van der Waals surface area contributed by atoms with Crippen LogP contribution in [0, 0.1) is 12.3 Å². The van der Waals surface area contributed by atoms with Gasteiger partial charge in [-0.25, -0.2) is 0 Å². The number of hydrogen-bond acceptors (Lipinski definition) is 3. The number of rotatable bonds is 5. The first-order valence-electron chi connectivity index (χ1n) is 4.31. The normalized spacial score (nSPS) is 8.57. The van der Waals surface area contributed by atoms with Crippen LogP contribution in [0.3, 0.4) is 0 Å². The van der Waals surface area contributed by atoms with Crippen molar-refractivity contribution in [3.63, 3.8) is 0 Å². The molecule has 0 aliphatic heterocycles. The van der Waals surface area contributed by atoms with E-state index < -0.39 is 0 Å². The quantitative estimate of drug-likeness (QED) is 0.384. The van der Waals surface area contributed by atoms with E-state index in [1.165, 1.54) is 0 Å². The molecular weight excluding hydrogens is 200 g/mol. The van der Waals surface area contributed by atoms with Gasteiger partial charge in [0.25, 0.3) is 0 Å². The topological polar surface area (TPSA) is 50.4 Å². The van der Waals surface area contributed by atoms with Crippen LogP contribution in [0.4, 0.5) is 0 Å². The molecule has 0 fully saturated rings. The minimum Gasteiger partial charge on any atom is -0.466 e. The Kier molecular flexibility index (Phi) is 7.56. The van der Waals surface area contributed by atoms with E-state index in [4.69, 9.17) is 23.4 Å². The second-order valence-electron chi connectivity index (χ2n) is 2.37. The van der Waals surface area contributed by atoms with Gasteiger partial charge >= 0.3 is 5.97 Å². The van der Waals surface area contributed by atoms with Crippen LogP contribution in [-0.4, -0.2) is 30.8 Å². The minimum atomic E-state index is -0.236. The number of thiocarbonyl (C=S) groups is 1. The Morgan fingerprint density at radius 3 is 2.86 bits per heavy atom. The maximum atomic E-state index is 10.9. The monoisotopic (exact) mass is 214 g/mol. The van der Waals surface area contributed by atoms with Crippen LogP contribution in [-0.2, 0) is 9.53 Å². The molecule has 2 N–H and O–H groups in total. The Morgan fingerprint density at radius 2 is 2.29 bits per heavy atom. The number of hydrogen-bond donors (Lipinski definition) is 2. The lowest BCUT2D eigenvalue weighted by Crippen LogP contribution is -2.36. The van der Waals surface area contributed by atoms with Crippen LogP contribution in [0.1, 0.15) is 13.3 Å². The molecule has 0 unspecified atom stereocenters. The molecule has 78 valence electrons. The first kappa shape index (κ1) is 12.7. The SMILES string of the molecule is C#CCNC(=S)NCCC(=O)OCC. The molecule has 0 bridgehead atoms. The van der Waals surface area contributed by atoms with Crippen LogP contribution >= 0.6 is 12.2 Å². The molecule has 0 spiro atoms. The summed E-state index contributed by atoms with van der Waals surface area (Å²) >= 11 is 4.87. The molecule has 0 heterocycles. The van der Waals surface area contributed by atoms with Gasteiger partial charge in [-0.2, -0.15) is 0 Å². The van der Waals surface area contributed by atoms with Crippen molar-refractivity contribution >= 4 is 23.3 Å². The molecule has 0 aromatic carbocycles. The van der Waals surface area contributed by atoms with E-state index in [0.29, 0.717) is 31.2 Å². The van der Waals surface area contributed by atoms with Gasteiger partial charge in [0, 0.05) is 6.54 Å². The number of esters is 1. The summed E-state index contributed by atoms with van der Waals surface area (Å²) in [7, 11) is 0. The molecule has 0 aliphatic carbocycles. The molecule has 0 amide bonds. The molecule has 0 aromatic rings. The van der Waals surface area contributed by atoms with Crippen LogP contribution in [0.5, 0.6) is 0 Å². The van der Waals surface area contributed by atoms with E-state index in [9.17, 15) is 4.79 Å². The van der Waals surface area contributed by atoms with Gasteiger partial charge in [-0.3, -0.25) is 4.79 Å². The standard InChI is InChI=1S/C9H14N2O2S/c1-3-6-10-9(14)11-7-5-8(12)13-4-2/h1H,4-7H2,2H3,(H2,10,11,14). The number of nitrogens with one attached hydrogen (secondary N) is 2. The molecule has 0 saturated carbocycles. The van der Waals surface area contributed by atoms with Crippen molar-refractivity contribution in [1.29, 1.82) is 0 Å². The highest BCUT2D eigenvalue weighted by atomic mass is 32.1. The van der Waals surface area contributed by atoms with E-state index in [1.54, 1.807) is 6.92 Å². The van der Waals surface area contributed by atoms with Gasteiger partial charge in [-0.1, -0.05) is 5.92 Å². The maximum Gasteiger partial charge on any atom is 0.307 e. The van der Waals surface area contributed by atoms with Gasteiger partial charge in [0.1, 0.15) is 0 Å². The smallest absolute Gasteiger partial charge is 0.307 e. The minimum absolute atomic E-state index is 0.236. The van der Waals surface area contributed by atoms with Crippen molar-refractivity contribution in [3.05, 3.63) is 0 Å². The Morgan fingerprint density at radius 1 is 1.57 bits per heavy atom. The van der Waals surface area contributed by atoms with Gasteiger partial charge in [-0.05, 0) is 19.1 Å².